The van der Waals surface area contributed by atoms with Gasteiger partial charge in [0.2, 0.25) is 0 Å². The standard InChI is InChI=1S/C21H21ClN4O3S/c1-3-29-18(27)8-14-11-30-21(24-14)25-20(28)16-10-23-26(19(16)13-5-6-13)15-7-4-12(2)17(22)9-15/h4,7,9-11,13H,3,5-6,8H2,1-2H3,(H,24,25,28). The highest BCUT2D eigenvalue weighted by Gasteiger charge is 2.33. The molecule has 0 radical (unpaired) electrons. The van der Waals surface area contributed by atoms with Crippen LogP contribution < -0.4 is 5.32 Å². The molecule has 1 aliphatic rings. The Bertz CT molecular complexity index is 1100. The van der Waals surface area contributed by atoms with Crippen LogP contribution in [0.15, 0.2) is 29.8 Å². The third kappa shape index (κ3) is 4.39. The Hall–Kier alpha value is -2.71. The van der Waals surface area contributed by atoms with E-state index in [1.54, 1.807) is 23.2 Å². The van der Waals surface area contributed by atoms with Crippen LogP contribution in [-0.2, 0) is 16.0 Å². The SMILES string of the molecule is CCOC(=O)Cc1csc(NC(=O)c2cnn(-c3ccc(C)c(Cl)c3)c2C2CC2)n1. The van der Waals surface area contributed by atoms with Gasteiger partial charge in [-0.25, -0.2) is 9.67 Å². The van der Waals surface area contributed by atoms with Crippen molar-refractivity contribution in [1.82, 2.24) is 14.8 Å². The lowest BCUT2D eigenvalue weighted by Gasteiger charge is -2.10. The van der Waals surface area contributed by atoms with Crippen LogP contribution in [0.2, 0.25) is 5.02 Å². The van der Waals surface area contributed by atoms with Gasteiger partial charge in [-0.3, -0.25) is 14.9 Å². The maximum atomic E-state index is 13.0. The number of nitrogens with zero attached hydrogens (tertiary/aromatic N) is 3. The third-order valence-corrected chi connectivity index (χ3v) is 6.03. The number of hydrogen-bond acceptors (Lipinski definition) is 6. The van der Waals surface area contributed by atoms with E-state index in [0.717, 1.165) is 29.8 Å². The molecule has 2 heterocycles. The van der Waals surface area contributed by atoms with Gasteiger partial charge in [-0.15, -0.1) is 11.3 Å². The van der Waals surface area contributed by atoms with Crippen LogP contribution >= 0.6 is 22.9 Å². The number of anilines is 1. The lowest BCUT2D eigenvalue weighted by atomic mass is 10.1. The predicted molar refractivity (Wildman–Crippen MR) is 116 cm³/mol. The first kappa shape index (κ1) is 20.6. The summed E-state index contributed by atoms with van der Waals surface area (Å²) < 4.78 is 6.73. The summed E-state index contributed by atoms with van der Waals surface area (Å²) in [4.78, 5) is 28.9. The van der Waals surface area contributed by atoms with Gasteiger partial charge in [0.1, 0.15) is 0 Å². The van der Waals surface area contributed by atoms with Crippen molar-refractivity contribution >= 4 is 39.9 Å². The second-order valence-corrected chi connectivity index (χ2v) is 8.41. The van der Waals surface area contributed by atoms with Crippen molar-refractivity contribution < 1.29 is 14.3 Å². The van der Waals surface area contributed by atoms with E-state index in [0.29, 0.717) is 33.9 Å². The summed E-state index contributed by atoms with van der Waals surface area (Å²) in [5.41, 5.74) is 3.80. The fraction of sp³-hybridized carbons (Fsp3) is 0.333. The molecule has 0 spiro atoms. The first-order valence-electron chi connectivity index (χ1n) is 9.72. The number of rotatable bonds is 7. The summed E-state index contributed by atoms with van der Waals surface area (Å²) in [6, 6.07) is 5.75. The number of nitrogens with one attached hydrogen (secondary N) is 1. The van der Waals surface area contributed by atoms with E-state index in [9.17, 15) is 9.59 Å². The molecule has 30 heavy (non-hydrogen) atoms. The molecule has 7 nitrogen and oxygen atoms in total. The molecule has 1 saturated carbocycles. The second-order valence-electron chi connectivity index (χ2n) is 7.14. The molecule has 2 aromatic heterocycles. The Labute approximate surface area is 183 Å². The van der Waals surface area contributed by atoms with Gasteiger partial charge in [0.15, 0.2) is 5.13 Å². The van der Waals surface area contributed by atoms with E-state index in [1.165, 1.54) is 11.3 Å². The van der Waals surface area contributed by atoms with Gasteiger partial charge in [-0.2, -0.15) is 5.10 Å². The van der Waals surface area contributed by atoms with Crippen LogP contribution in [0, 0.1) is 6.92 Å². The highest BCUT2D eigenvalue weighted by Crippen LogP contribution is 2.42. The number of hydrogen-bond donors (Lipinski definition) is 1. The van der Waals surface area contributed by atoms with Gasteiger partial charge in [-0.1, -0.05) is 17.7 Å². The van der Waals surface area contributed by atoms with E-state index in [2.05, 4.69) is 15.4 Å². The number of carbonyl (C=O) groups excluding carboxylic acids is 2. The maximum absolute atomic E-state index is 13.0. The van der Waals surface area contributed by atoms with Crippen molar-refractivity contribution in [3.63, 3.8) is 0 Å². The topological polar surface area (TPSA) is 86.1 Å². The minimum atomic E-state index is -0.338. The minimum Gasteiger partial charge on any atom is -0.466 e. The van der Waals surface area contributed by atoms with Crippen LogP contribution in [0.1, 0.15) is 53.0 Å². The highest BCUT2D eigenvalue weighted by molar-refractivity contribution is 7.14. The average Bonchev–Trinajstić information content (AvgIpc) is 3.30. The first-order valence-corrected chi connectivity index (χ1v) is 11.0. The van der Waals surface area contributed by atoms with Crippen LogP contribution in [0.3, 0.4) is 0 Å². The molecule has 1 N–H and O–H groups in total. The number of carbonyl (C=O) groups is 2. The lowest BCUT2D eigenvalue weighted by molar-refractivity contribution is -0.142. The summed E-state index contributed by atoms with van der Waals surface area (Å²) in [5, 5.41) is 10.1. The van der Waals surface area contributed by atoms with Crippen molar-refractivity contribution in [1.29, 1.82) is 0 Å². The number of amides is 1. The third-order valence-electron chi connectivity index (χ3n) is 4.82. The van der Waals surface area contributed by atoms with Gasteiger partial charge in [0, 0.05) is 16.3 Å². The Morgan fingerprint density at radius 1 is 1.37 bits per heavy atom. The lowest BCUT2D eigenvalue weighted by Crippen LogP contribution is -2.14. The number of aryl methyl sites for hydroxylation is 1. The molecule has 4 rings (SSSR count). The molecule has 1 aromatic carbocycles. The van der Waals surface area contributed by atoms with Crippen LogP contribution in [0.25, 0.3) is 5.69 Å². The number of benzene rings is 1. The van der Waals surface area contributed by atoms with Crippen LogP contribution in [-0.4, -0.2) is 33.2 Å². The molecule has 0 atom stereocenters. The fourth-order valence-corrected chi connectivity index (χ4v) is 4.05. The normalized spacial score (nSPS) is 13.3. The van der Waals surface area contributed by atoms with Gasteiger partial charge < -0.3 is 4.74 Å². The van der Waals surface area contributed by atoms with Crippen molar-refractivity contribution in [2.45, 2.75) is 39.0 Å². The van der Waals surface area contributed by atoms with E-state index in [-0.39, 0.29) is 18.3 Å². The summed E-state index contributed by atoms with van der Waals surface area (Å²) in [7, 11) is 0. The van der Waals surface area contributed by atoms with Crippen molar-refractivity contribution in [2.24, 2.45) is 0 Å². The Morgan fingerprint density at radius 2 is 2.17 bits per heavy atom. The number of ether oxygens (including phenoxy) is 1. The molecular formula is C21H21ClN4O3S. The molecule has 9 heteroatoms. The zero-order valence-corrected chi connectivity index (χ0v) is 18.2. The number of halogens is 1. The van der Waals surface area contributed by atoms with E-state index < -0.39 is 0 Å². The minimum absolute atomic E-state index is 0.0830. The molecule has 1 amide bonds. The molecule has 0 aliphatic heterocycles. The molecule has 1 aliphatic carbocycles. The molecule has 0 unspecified atom stereocenters. The molecule has 3 aromatic rings. The van der Waals surface area contributed by atoms with E-state index in [4.69, 9.17) is 16.3 Å². The largest absolute Gasteiger partial charge is 0.466 e. The van der Waals surface area contributed by atoms with Gasteiger partial charge in [0.05, 0.1) is 41.9 Å². The molecular weight excluding hydrogens is 424 g/mol. The summed E-state index contributed by atoms with van der Waals surface area (Å²) in [6.45, 7) is 4.03. The fourth-order valence-electron chi connectivity index (χ4n) is 3.17. The quantitative estimate of drug-likeness (QED) is 0.541. The van der Waals surface area contributed by atoms with E-state index >= 15 is 0 Å². The number of esters is 1. The second kappa shape index (κ2) is 8.57. The zero-order valence-electron chi connectivity index (χ0n) is 16.6. The van der Waals surface area contributed by atoms with Crippen molar-refractivity contribution in [2.75, 3.05) is 11.9 Å². The summed E-state index contributed by atoms with van der Waals surface area (Å²) >= 11 is 7.56. The van der Waals surface area contributed by atoms with Crippen molar-refractivity contribution in [3.05, 3.63) is 57.3 Å². The number of thiazole rings is 1. The maximum Gasteiger partial charge on any atom is 0.311 e. The van der Waals surface area contributed by atoms with Crippen molar-refractivity contribution in [3.8, 4) is 5.69 Å². The Kier molecular flexibility index (Phi) is 5.87. The molecule has 0 saturated heterocycles. The molecule has 1 fully saturated rings. The predicted octanol–water partition coefficient (Wildman–Crippen LogP) is 4.53. The smallest absolute Gasteiger partial charge is 0.311 e. The molecule has 0 bridgehead atoms. The van der Waals surface area contributed by atoms with Gasteiger partial charge in [-0.05, 0) is 44.4 Å². The van der Waals surface area contributed by atoms with Crippen LogP contribution in [0.5, 0.6) is 0 Å². The first-order chi connectivity index (χ1) is 14.5. The monoisotopic (exact) mass is 444 g/mol. The average molecular weight is 445 g/mol. The van der Waals surface area contributed by atoms with E-state index in [1.807, 2.05) is 25.1 Å². The summed E-state index contributed by atoms with van der Waals surface area (Å²) in [5.74, 6) is -0.308. The molecule has 156 valence electrons. The van der Waals surface area contributed by atoms with Crippen LogP contribution in [0.4, 0.5) is 5.13 Å². The zero-order chi connectivity index (χ0) is 21.3. The Morgan fingerprint density at radius 3 is 2.87 bits per heavy atom. The Balaban J connectivity index is 1.55. The highest BCUT2D eigenvalue weighted by atomic mass is 35.5. The van der Waals surface area contributed by atoms with Gasteiger partial charge in [0.25, 0.3) is 5.91 Å². The van der Waals surface area contributed by atoms with Gasteiger partial charge >= 0.3 is 5.97 Å². The summed E-state index contributed by atoms with van der Waals surface area (Å²) in [6.07, 6.45) is 3.71. The number of aromatic nitrogens is 3.